The van der Waals surface area contributed by atoms with Gasteiger partial charge < -0.3 is 52.1 Å². The molecular formula is C27H38O18. The third kappa shape index (κ3) is 11.2. The fraction of sp³-hybridized carbons (Fsp3) is 0.741. The summed E-state index contributed by atoms with van der Waals surface area (Å²) < 4.78 is 60.6. The van der Waals surface area contributed by atoms with Crippen molar-refractivity contribution in [2.75, 3.05) is 20.3 Å². The topological polar surface area (TPSA) is 221 Å². The lowest BCUT2D eigenvalue weighted by atomic mass is 9.96. The zero-order valence-electron chi connectivity index (χ0n) is 26.0. The molecule has 2 rings (SSSR count). The van der Waals surface area contributed by atoms with E-state index >= 15 is 0 Å². The Morgan fingerprint density at radius 1 is 0.444 bits per heavy atom. The summed E-state index contributed by atoms with van der Waals surface area (Å²) in [4.78, 5) is 84.1. The van der Waals surface area contributed by atoms with Crippen LogP contribution < -0.4 is 0 Å². The number of rotatable bonds is 12. The van der Waals surface area contributed by atoms with E-state index < -0.39 is 116 Å². The van der Waals surface area contributed by atoms with E-state index in [4.69, 9.17) is 52.1 Å². The van der Waals surface area contributed by atoms with Gasteiger partial charge in [0.25, 0.3) is 0 Å². The van der Waals surface area contributed by atoms with Crippen molar-refractivity contribution in [2.24, 2.45) is 0 Å². The number of ether oxygens (including phenoxy) is 11. The molecule has 10 atom stereocenters. The van der Waals surface area contributed by atoms with Crippen LogP contribution in [0.3, 0.4) is 0 Å². The highest BCUT2D eigenvalue weighted by Crippen LogP contribution is 2.35. The minimum Gasteiger partial charge on any atom is -0.463 e. The molecule has 0 aromatic rings. The van der Waals surface area contributed by atoms with Crippen molar-refractivity contribution in [3.8, 4) is 0 Å². The lowest BCUT2D eigenvalue weighted by Gasteiger charge is -2.48. The van der Waals surface area contributed by atoms with Gasteiger partial charge in [-0.1, -0.05) is 0 Å². The summed E-state index contributed by atoms with van der Waals surface area (Å²) >= 11 is 0. The summed E-state index contributed by atoms with van der Waals surface area (Å²) in [5.74, 6) is -5.76. The minimum absolute atomic E-state index is 0.474. The summed E-state index contributed by atoms with van der Waals surface area (Å²) in [6.07, 6.45) is -15.1. The molecule has 45 heavy (non-hydrogen) atoms. The smallest absolute Gasteiger partial charge is 0.303 e. The van der Waals surface area contributed by atoms with Crippen LogP contribution in [0.2, 0.25) is 0 Å². The quantitative estimate of drug-likeness (QED) is 0.187. The molecule has 0 N–H and O–H groups in total. The molecule has 2 fully saturated rings. The number of hydrogen-bond acceptors (Lipinski definition) is 18. The summed E-state index contributed by atoms with van der Waals surface area (Å²) in [5, 5.41) is 0. The summed E-state index contributed by atoms with van der Waals surface area (Å²) in [6.45, 7) is 6.47. The number of hydrogen-bond donors (Lipinski definition) is 0. The van der Waals surface area contributed by atoms with E-state index in [0.29, 0.717) is 0 Å². The first-order valence-electron chi connectivity index (χ1n) is 13.7. The average Bonchev–Trinajstić information content (AvgIpc) is 2.90. The number of esters is 7. The van der Waals surface area contributed by atoms with Crippen LogP contribution in [-0.4, -0.2) is 124 Å². The highest BCUT2D eigenvalue weighted by molar-refractivity contribution is 5.69. The Hall–Kier alpha value is -3.87. The first-order valence-corrected chi connectivity index (χ1v) is 13.7. The normalized spacial score (nSPS) is 31.0. The van der Waals surface area contributed by atoms with Crippen molar-refractivity contribution in [1.82, 2.24) is 0 Å². The number of carbonyl (C=O) groups excluding carboxylic acids is 7. The van der Waals surface area contributed by atoms with Crippen LogP contribution in [0.15, 0.2) is 0 Å². The van der Waals surface area contributed by atoms with Crippen LogP contribution in [0.5, 0.6) is 0 Å². The third-order valence-corrected chi connectivity index (χ3v) is 6.12. The lowest BCUT2D eigenvalue weighted by Crippen LogP contribution is -2.67. The molecule has 0 spiro atoms. The van der Waals surface area contributed by atoms with Crippen molar-refractivity contribution in [1.29, 1.82) is 0 Å². The average molecular weight is 651 g/mol. The molecule has 0 aromatic heterocycles. The Morgan fingerprint density at radius 3 is 1.16 bits per heavy atom. The molecule has 254 valence electrons. The van der Waals surface area contributed by atoms with E-state index in [1.54, 1.807) is 0 Å². The Morgan fingerprint density at radius 2 is 0.778 bits per heavy atom. The van der Waals surface area contributed by atoms with E-state index in [2.05, 4.69) is 0 Å². The fourth-order valence-electron chi connectivity index (χ4n) is 4.66. The van der Waals surface area contributed by atoms with Crippen LogP contribution in [0.4, 0.5) is 0 Å². The second-order valence-electron chi connectivity index (χ2n) is 9.90. The first kappa shape index (κ1) is 37.3. The van der Waals surface area contributed by atoms with Crippen molar-refractivity contribution < 1.29 is 85.7 Å². The van der Waals surface area contributed by atoms with Crippen LogP contribution >= 0.6 is 0 Å². The van der Waals surface area contributed by atoms with Gasteiger partial charge in [0.2, 0.25) is 0 Å². The summed E-state index contributed by atoms with van der Waals surface area (Å²) in [7, 11) is 1.21. The summed E-state index contributed by atoms with van der Waals surface area (Å²) in [6, 6.07) is 0. The van der Waals surface area contributed by atoms with Gasteiger partial charge in [0.05, 0.1) is 0 Å². The molecule has 2 heterocycles. The molecule has 2 aliphatic rings. The Balaban J connectivity index is 2.70. The second-order valence-corrected chi connectivity index (χ2v) is 9.90. The monoisotopic (exact) mass is 650 g/mol. The van der Waals surface area contributed by atoms with Crippen LogP contribution in [0, 0.1) is 0 Å². The fourth-order valence-corrected chi connectivity index (χ4v) is 4.66. The van der Waals surface area contributed by atoms with Gasteiger partial charge in [0.15, 0.2) is 43.1 Å². The molecule has 0 bridgehead atoms. The van der Waals surface area contributed by atoms with Crippen molar-refractivity contribution >= 4 is 41.8 Å². The molecule has 18 nitrogen and oxygen atoms in total. The molecule has 0 saturated carbocycles. The largest absolute Gasteiger partial charge is 0.463 e. The molecule has 0 radical (unpaired) electrons. The minimum atomic E-state index is -1.77. The van der Waals surface area contributed by atoms with Gasteiger partial charge in [0.1, 0.15) is 31.5 Å². The van der Waals surface area contributed by atoms with E-state index in [-0.39, 0.29) is 0 Å². The van der Waals surface area contributed by atoms with E-state index in [1.807, 2.05) is 0 Å². The standard InChI is InChI=1S/C27H38O18/c1-11(28)36-9-18-21(39-14(4)31)23(24(41-16(6)33)26(35-8)43-18)45-27-25(42-17(7)34)22(40-15(5)32)20(38-13(3)30)19(44-27)10-37-12(2)29/h18-27H,9-10H2,1-8H3/t18-,19-,20+,21+,22+,23+,24-,25-,26-,27+/m1/s1. The van der Waals surface area contributed by atoms with Gasteiger partial charge in [-0.2, -0.15) is 0 Å². The second kappa shape index (κ2) is 17.0. The van der Waals surface area contributed by atoms with Crippen molar-refractivity contribution in [3.05, 3.63) is 0 Å². The van der Waals surface area contributed by atoms with Gasteiger partial charge in [-0.3, -0.25) is 33.6 Å². The predicted octanol–water partition coefficient (Wildman–Crippen LogP) is -0.747. The molecule has 18 heteroatoms. The zero-order chi connectivity index (χ0) is 34.0. The first-order chi connectivity index (χ1) is 21.0. The SMILES string of the molecule is CO[C@@H]1O[C@H](COC(C)=O)[C@H](OC(C)=O)[C@H](O[C@@H]2O[C@H](COC(C)=O)[C@H](OC(C)=O)[C@H](OC(C)=O)[C@H]2OC(C)=O)[C@H]1OC(C)=O. The van der Waals surface area contributed by atoms with E-state index in [1.165, 1.54) is 7.11 Å². The van der Waals surface area contributed by atoms with Gasteiger partial charge in [-0.15, -0.1) is 0 Å². The number of methoxy groups -OCH3 is 1. The maximum Gasteiger partial charge on any atom is 0.303 e. The van der Waals surface area contributed by atoms with Gasteiger partial charge in [0, 0.05) is 55.6 Å². The Kier molecular flexibility index (Phi) is 14.1. The molecular weight excluding hydrogens is 612 g/mol. The van der Waals surface area contributed by atoms with E-state index in [9.17, 15) is 33.6 Å². The molecule has 0 unspecified atom stereocenters. The third-order valence-electron chi connectivity index (χ3n) is 6.12. The van der Waals surface area contributed by atoms with Crippen LogP contribution in [0.1, 0.15) is 48.5 Å². The van der Waals surface area contributed by atoms with E-state index in [0.717, 1.165) is 48.5 Å². The van der Waals surface area contributed by atoms with Gasteiger partial charge >= 0.3 is 41.8 Å². The van der Waals surface area contributed by atoms with Crippen LogP contribution in [-0.2, 0) is 85.7 Å². The van der Waals surface area contributed by atoms with Crippen molar-refractivity contribution in [3.63, 3.8) is 0 Å². The summed E-state index contributed by atoms with van der Waals surface area (Å²) in [5.41, 5.74) is 0. The molecule has 0 aliphatic carbocycles. The maximum atomic E-state index is 12.2. The lowest BCUT2D eigenvalue weighted by molar-refractivity contribution is -0.360. The Labute approximate surface area is 258 Å². The van der Waals surface area contributed by atoms with Crippen molar-refractivity contribution in [2.45, 2.75) is 110 Å². The highest BCUT2D eigenvalue weighted by Gasteiger charge is 2.57. The molecule has 2 saturated heterocycles. The Bertz CT molecular complexity index is 1110. The van der Waals surface area contributed by atoms with Crippen LogP contribution in [0.25, 0.3) is 0 Å². The maximum absolute atomic E-state index is 12.2. The van der Waals surface area contributed by atoms with Gasteiger partial charge in [-0.05, 0) is 0 Å². The highest BCUT2D eigenvalue weighted by atomic mass is 16.8. The number of carbonyl (C=O) groups is 7. The predicted molar refractivity (Wildman–Crippen MR) is 140 cm³/mol. The van der Waals surface area contributed by atoms with Gasteiger partial charge in [-0.25, -0.2) is 0 Å². The zero-order valence-corrected chi connectivity index (χ0v) is 26.0. The molecule has 2 aliphatic heterocycles. The molecule has 0 aromatic carbocycles. The molecule has 0 amide bonds.